The van der Waals surface area contributed by atoms with Crippen molar-refractivity contribution in [3.8, 4) is 11.1 Å². The van der Waals surface area contributed by atoms with Gasteiger partial charge in [-0.05, 0) is 30.5 Å². The molecule has 1 amide bonds. The highest BCUT2D eigenvalue weighted by Gasteiger charge is 2.18. The first-order valence-electron chi connectivity index (χ1n) is 8.71. The molecule has 0 atom stereocenters. The van der Waals surface area contributed by atoms with Gasteiger partial charge in [-0.2, -0.15) is 0 Å². The van der Waals surface area contributed by atoms with Crippen molar-refractivity contribution < 1.29 is 9.18 Å². The van der Waals surface area contributed by atoms with E-state index < -0.39 is 0 Å². The Morgan fingerprint density at radius 1 is 1.23 bits per heavy atom. The number of nitrogens with zero attached hydrogens (tertiary/aromatic N) is 2. The standard InChI is InChI=1S/C19H19FN4OS/c20-13-7-5-12(6-8-13)15-9-21-18-17(15)22-11-23-19(18)26-10-16(25)24-14-3-1-2-4-14/h5-9,11,14,21H,1-4,10H2,(H,24,25). The van der Waals surface area contributed by atoms with Crippen molar-refractivity contribution in [2.75, 3.05) is 5.75 Å². The first-order chi connectivity index (χ1) is 12.7. The van der Waals surface area contributed by atoms with Gasteiger partial charge in [-0.15, -0.1) is 0 Å². The van der Waals surface area contributed by atoms with E-state index in [1.165, 1.54) is 43.1 Å². The summed E-state index contributed by atoms with van der Waals surface area (Å²) in [5, 5.41) is 3.83. The summed E-state index contributed by atoms with van der Waals surface area (Å²) < 4.78 is 13.2. The molecule has 2 N–H and O–H groups in total. The number of hydrogen-bond acceptors (Lipinski definition) is 4. The second-order valence-corrected chi connectivity index (χ2v) is 7.41. The normalized spacial score (nSPS) is 14.8. The van der Waals surface area contributed by atoms with Crippen LogP contribution in [0.15, 0.2) is 41.8 Å². The lowest BCUT2D eigenvalue weighted by Crippen LogP contribution is -2.33. The van der Waals surface area contributed by atoms with Crippen LogP contribution in [0.25, 0.3) is 22.2 Å². The van der Waals surface area contributed by atoms with Gasteiger partial charge < -0.3 is 10.3 Å². The highest BCUT2D eigenvalue weighted by Crippen LogP contribution is 2.31. The van der Waals surface area contributed by atoms with E-state index in [0.29, 0.717) is 11.8 Å². The number of nitrogens with one attached hydrogen (secondary N) is 2. The molecule has 0 bridgehead atoms. The molecule has 0 spiro atoms. The molecular weight excluding hydrogens is 351 g/mol. The Kier molecular flexibility index (Phi) is 4.88. The Bertz CT molecular complexity index is 919. The summed E-state index contributed by atoms with van der Waals surface area (Å²) in [6.07, 6.45) is 7.88. The lowest BCUT2D eigenvalue weighted by molar-refractivity contribution is -0.119. The maximum Gasteiger partial charge on any atom is 0.230 e. The number of fused-ring (bicyclic) bond motifs is 1. The van der Waals surface area contributed by atoms with Gasteiger partial charge in [0.2, 0.25) is 5.91 Å². The fourth-order valence-electron chi connectivity index (χ4n) is 3.35. The van der Waals surface area contributed by atoms with Gasteiger partial charge in [0.1, 0.15) is 22.7 Å². The molecule has 0 aliphatic heterocycles. The maximum absolute atomic E-state index is 13.2. The van der Waals surface area contributed by atoms with E-state index in [0.717, 1.165) is 40.0 Å². The summed E-state index contributed by atoms with van der Waals surface area (Å²) in [7, 11) is 0. The zero-order valence-electron chi connectivity index (χ0n) is 14.2. The number of amides is 1. The van der Waals surface area contributed by atoms with Crippen LogP contribution in [0.3, 0.4) is 0 Å². The summed E-state index contributed by atoms with van der Waals surface area (Å²) in [5.74, 6) is 0.0970. The predicted octanol–water partition coefficient (Wildman–Crippen LogP) is 3.91. The number of halogens is 1. The molecule has 1 fully saturated rings. The minimum Gasteiger partial charge on any atom is -0.357 e. The summed E-state index contributed by atoms with van der Waals surface area (Å²) in [4.78, 5) is 24.0. The Labute approximate surface area is 154 Å². The van der Waals surface area contributed by atoms with Crippen molar-refractivity contribution in [3.63, 3.8) is 0 Å². The topological polar surface area (TPSA) is 70.7 Å². The Morgan fingerprint density at radius 3 is 2.77 bits per heavy atom. The van der Waals surface area contributed by atoms with Crippen LogP contribution in [0.5, 0.6) is 0 Å². The number of thioether (sulfide) groups is 1. The lowest BCUT2D eigenvalue weighted by Gasteiger charge is -2.11. The molecule has 1 aliphatic carbocycles. The molecule has 5 nitrogen and oxygen atoms in total. The monoisotopic (exact) mass is 370 g/mol. The molecule has 0 unspecified atom stereocenters. The fraction of sp³-hybridized carbons (Fsp3) is 0.316. The number of rotatable bonds is 5. The van der Waals surface area contributed by atoms with Gasteiger partial charge in [0.15, 0.2) is 0 Å². The van der Waals surface area contributed by atoms with Gasteiger partial charge in [-0.1, -0.05) is 36.7 Å². The molecule has 134 valence electrons. The van der Waals surface area contributed by atoms with Crippen LogP contribution in [0.4, 0.5) is 4.39 Å². The molecule has 26 heavy (non-hydrogen) atoms. The van der Waals surface area contributed by atoms with E-state index in [1.807, 2.05) is 6.20 Å². The van der Waals surface area contributed by atoms with E-state index in [1.54, 1.807) is 12.1 Å². The third-order valence-electron chi connectivity index (χ3n) is 4.64. The minimum absolute atomic E-state index is 0.0407. The van der Waals surface area contributed by atoms with Gasteiger partial charge in [0.05, 0.1) is 11.3 Å². The van der Waals surface area contributed by atoms with Gasteiger partial charge >= 0.3 is 0 Å². The van der Waals surface area contributed by atoms with Gasteiger partial charge in [-0.3, -0.25) is 4.79 Å². The van der Waals surface area contributed by atoms with Crippen LogP contribution in [-0.2, 0) is 4.79 Å². The van der Waals surface area contributed by atoms with Crippen molar-refractivity contribution >= 4 is 28.7 Å². The molecule has 7 heteroatoms. The van der Waals surface area contributed by atoms with Crippen molar-refractivity contribution in [3.05, 3.63) is 42.6 Å². The number of benzene rings is 1. The van der Waals surface area contributed by atoms with Crippen molar-refractivity contribution in [1.82, 2.24) is 20.3 Å². The second kappa shape index (κ2) is 7.45. The predicted molar refractivity (Wildman–Crippen MR) is 100 cm³/mol. The SMILES string of the molecule is O=C(CSc1ncnc2c(-c3ccc(F)cc3)c[nH]c12)NC1CCCC1. The summed E-state index contributed by atoms with van der Waals surface area (Å²) in [5.41, 5.74) is 3.33. The molecular formula is C19H19FN4OS. The first-order valence-corrected chi connectivity index (χ1v) is 9.69. The van der Waals surface area contributed by atoms with E-state index in [2.05, 4.69) is 20.3 Å². The molecule has 1 saturated carbocycles. The minimum atomic E-state index is -0.271. The van der Waals surface area contributed by atoms with Crippen LogP contribution >= 0.6 is 11.8 Å². The average molecular weight is 370 g/mol. The molecule has 1 aromatic carbocycles. The van der Waals surface area contributed by atoms with Crippen LogP contribution in [0, 0.1) is 5.82 Å². The van der Waals surface area contributed by atoms with E-state index in [-0.39, 0.29) is 11.7 Å². The van der Waals surface area contributed by atoms with Crippen LogP contribution in [0.2, 0.25) is 0 Å². The third kappa shape index (κ3) is 3.58. The van der Waals surface area contributed by atoms with Crippen LogP contribution < -0.4 is 5.32 Å². The zero-order chi connectivity index (χ0) is 17.9. The number of aromatic amines is 1. The van der Waals surface area contributed by atoms with Crippen LogP contribution in [-0.4, -0.2) is 32.7 Å². The number of carbonyl (C=O) groups excluding carboxylic acids is 1. The quantitative estimate of drug-likeness (QED) is 0.528. The zero-order valence-corrected chi connectivity index (χ0v) is 15.0. The fourth-order valence-corrected chi connectivity index (χ4v) is 4.12. The smallest absolute Gasteiger partial charge is 0.230 e. The Balaban J connectivity index is 1.51. The number of carbonyl (C=O) groups is 1. The molecule has 2 heterocycles. The van der Waals surface area contributed by atoms with E-state index in [4.69, 9.17) is 0 Å². The van der Waals surface area contributed by atoms with E-state index in [9.17, 15) is 9.18 Å². The Hall–Kier alpha value is -2.41. The van der Waals surface area contributed by atoms with E-state index >= 15 is 0 Å². The molecule has 4 rings (SSSR count). The molecule has 2 aromatic heterocycles. The maximum atomic E-state index is 13.2. The molecule has 1 aliphatic rings. The number of H-pyrrole nitrogens is 1. The lowest BCUT2D eigenvalue weighted by atomic mass is 10.1. The van der Waals surface area contributed by atoms with Gasteiger partial charge in [-0.25, -0.2) is 14.4 Å². The summed E-state index contributed by atoms with van der Waals surface area (Å²) >= 11 is 1.40. The summed E-state index contributed by atoms with van der Waals surface area (Å²) in [6, 6.07) is 6.63. The average Bonchev–Trinajstić information content (AvgIpc) is 3.30. The highest BCUT2D eigenvalue weighted by molar-refractivity contribution is 8.00. The van der Waals surface area contributed by atoms with Gasteiger partial charge in [0, 0.05) is 17.8 Å². The number of aromatic nitrogens is 3. The number of hydrogen-bond donors (Lipinski definition) is 2. The first kappa shape index (κ1) is 17.0. The Morgan fingerprint density at radius 2 is 2.00 bits per heavy atom. The van der Waals surface area contributed by atoms with Crippen molar-refractivity contribution in [1.29, 1.82) is 0 Å². The molecule has 0 radical (unpaired) electrons. The molecule has 3 aromatic rings. The van der Waals surface area contributed by atoms with Gasteiger partial charge in [0.25, 0.3) is 0 Å². The largest absolute Gasteiger partial charge is 0.357 e. The second-order valence-electron chi connectivity index (χ2n) is 6.45. The van der Waals surface area contributed by atoms with Crippen molar-refractivity contribution in [2.24, 2.45) is 0 Å². The third-order valence-corrected chi connectivity index (χ3v) is 5.63. The van der Waals surface area contributed by atoms with Crippen molar-refractivity contribution in [2.45, 2.75) is 36.8 Å². The molecule has 0 saturated heterocycles. The van der Waals surface area contributed by atoms with Crippen LogP contribution in [0.1, 0.15) is 25.7 Å². The summed E-state index contributed by atoms with van der Waals surface area (Å²) in [6.45, 7) is 0. The highest BCUT2D eigenvalue weighted by atomic mass is 32.2.